The Morgan fingerprint density at radius 3 is 1.09 bits per heavy atom. The van der Waals surface area contributed by atoms with Crippen LogP contribution in [0.2, 0.25) is 0 Å². The minimum Gasteiger partial charge on any atom is -0.497 e. The highest BCUT2D eigenvalue weighted by atomic mass is 16.5. The summed E-state index contributed by atoms with van der Waals surface area (Å²) < 4.78 is 10.5. The molecule has 0 aromatic heterocycles. The second kappa shape index (κ2) is 18.8. The molecule has 0 spiro atoms. The largest absolute Gasteiger partial charge is 0.497 e. The van der Waals surface area contributed by atoms with E-state index >= 15 is 0 Å². The first kappa shape index (κ1) is 40.0. The summed E-state index contributed by atoms with van der Waals surface area (Å²) in [5.41, 5.74) is 6.03. The number of benzene rings is 6. The molecule has 296 valence electrons. The number of hydrogen-bond acceptors (Lipinski definition) is 6. The number of hydrogen-bond donors (Lipinski definition) is 2. The minimum absolute atomic E-state index is 0.0300. The fourth-order valence-electron chi connectivity index (χ4n) is 8.12. The van der Waals surface area contributed by atoms with Gasteiger partial charge in [0, 0.05) is 11.4 Å². The number of aryl methyl sites for hydroxylation is 2. The molecule has 8 heteroatoms. The zero-order valence-corrected chi connectivity index (χ0v) is 32.9. The van der Waals surface area contributed by atoms with E-state index in [1.54, 1.807) is 24.0 Å². The van der Waals surface area contributed by atoms with Gasteiger partial charge in [0.25, 0.3) is 0 Å². The van der Waals surface area contributed by atoms with Crippen molar-refractivity contribution in [2.45, 2.75) is 50.0 Å². The number of rotatable bonds is 14. The average molecular weight is 775 g/mol. The Morgan fingerprint density at radius 1 is 0.466 bits per heavy atom. The monoisotopic (exact) mass is 774 g/mol. The van der Waals surface area contributed by atoms with Crippen molar-refractivity contribution < 1.29 is 29.3 Å². The minimum atomic E-state index is -0.699. The number of amides is 2. The lowest BCUT2D eigenvalue weighted by molar-refractivity contribution is -0.137. The van der Waals surface area contributed by atoms with Crippen molar-refractivity contribution in [1.29, 1.82) is 0 Å². The predicted octanol–water partition coefficient (Wildman–Crippen LogP) is 8.79. The van der Waals surface area contributed by atoms with E-state index in [1.807, 2.05) is 170 Å². The first-order valence-electron chi connectivity index (χ1n) is 19.9. The van der Waals surface area contributed by atoms with Crippen molar-refractivity contribution in [3.63, 3.8) is 0 Å². The molecule has 2 aliphatic heterocycles. The fraction of sp³-hybridized carbons (Fsp3) is 0.240. The summed E-state index contributed by atoms with van der Waals surface area (Å²) in [5.74, 6) is 0.577. The van der Waals surface area contributed by atoms with Gasteiger partial charge in [0.05, 0.1) is 50.3 Å². The van der Waals surface area contributed by atoms with Gasteiger partial charge in [0.1, 0.15) is 11.5 Å². The number of β-lactam (4-membered cyclic amide) rings is 2. The lowest BCUT2D eigenvalue weighted by Gasteiger charge is -2.49. The van der Waals surface area contributed by atoms with E-state index in [4.69, 9.17) is 9.47 Å². The van der Waals surface area contributed by atoms with Crippen molar-refractivity contribution in [3.05, 3.63) is 192 Å². The quantitative estimate of drug-likeness (QED) is 0.107. The zero-order chi connectivity index (χ0) is 40.4. The fourth-order valence-corrected chi connectivity index (χ4v) is 8.12. The summed E-state index contributed by atoms with van der Waals surface area (Å²) in [6, 6.07) is 54.5. The average Bonchev–Trinajstić information content (AvgIpc) is 3.27. The van der Waals surface area contributed by atoms with Gasteiger partial charge in [-0.2, -0.15) is 0 Å². The normalized spacial score (nSPS) is 19.5. The molecular formula is C50H50N2O6. The Hall–Kier alpha value is -6.22. The molecule has 2 saturated heterocycles. The molecule has 0 unspecified atom stereocenters. The van der Waals surface area contributed by atoms with E-state index in [0.29, 0.717) is 12.8 Å². The molecule has 6 aromatic carbocycles. The van der Waals surface area contributed by atoms with Crippen LogP contribution in [0.3, 0.4) is 0 Å². The molecule has 0 radical (unpaired) electrons. The highest BCUT2D eigenvalue weighted by molar-refractivity contribution is 6.04. The van der Waals surface area contributed by atoms with Crippen LogP contribution in [0.4, 0.5) is 11.4 Å². The molecule has 6 aromatic rings. The summed E-state index contributed by atoms with van der Waals surface area (Å²) >= 11 is 0. The highest BCUT2D eigenvalue weighted by Crippen LogP contribution is 2.47. The number of nitrogens with zero attached hydrogens (tertiary/aromatic N) is 2. The molecule has 2 N–H and O–H groups in total. The Labute approximate surface area is 340 Å². The SMILES string of the molecule is COc1ccc([C@@H]2[C@H]([C@@H](O)CCc3ccccc3)C(=O)N2c2ccccc2)cc1.COc1ccc([C@@H]2[C@H]([C@H](O)CCc3ccccc3)C(=O)N2c2ccccc2)cc1. The molecule has 0 bridgehead atoms. The van der Waals surface area contributed by atoms with Crippen LogP contribution in [0, 0.1) is 11.8 Å². The van der Waals surface area contributed by atoms with Gasteiger partial charge in [-0.1, -0.05) is 121 Å². The van der Waals surface area contributed by atoms with E-state index in [1.165, 1.54) is 11.1 Å². The van der Waals surface area contributed by atoms with Crippen molar-refractivity contribution in [2.24, 2.45) is 11.8 Å². The lowest BCUT2D eigenvalue weighted by atomic mass is 9.76. The van der Waals surface area contributed by atoms with Crippen LogP contribution in [0.1, 0.15) is 47.2 Å². The van der Waals surface area contributed by atoms with Crippen LogP contribution in [-0.2, 0) is 22.4 Å². The third-order valence-electron chi connectivity index (χ3n) is 11.2. The summed E-state index contributed by atoms with van der Waals surface area (Å²) in [6.07, 6.45) is 1.19. The lowest BCUT2D eigenvalue weighted by Crippen LogP contribution is -2.59. The molecule has 2 amide bonds. The van der Waals surface area contributed by atoms with E-state index in [9.17, 15) is 19.8 Å². The number of ether oxygens (including phenoxy) is 2. The first-order chi connectivity index (χ1) is 28.4. The van der Waals surface area contributed by atoms with Gasteiger partial charge in [-0.3, -0.25) is 9.59 Å². The third kappa shape index (κ3) is 8.84. The van der Waals surface area contributed by atoms with Crippen molar-refractivity contribution in [1.82, 2.24) is 0 Å². The number of aliphatic hydroxyl groups is 2. The van der Waals surface area contributed by atoms with Crippen molar-refractivity contribution in [2.75, 3.05) is 24.0 Å². The Bertz CT molecular complexity index is 2040. The van der Waals surface area contributed by atoms with E-state index in [2.05, 4.69) is 0 Å². The smallest absolute Gasteiger partial charge is 0.235 e. The third-order valence-corrected chi connectivity index (χ3v) is 11.2. The van der Waals surface area contributed by atoms with Crippen LogP contribution >= 0.6 is 0 Å². The second-order valence-electron chi connectivity index (χ2n) is 14.8. The van der Waals surface area contributed by atoms with Crippen molar-refractivity contribution >= 4 is 23.2 Å². The Morgan fingerprint density at radius 2 is 0.776 bits per heavy atom. The molecule has 58 heavy (non-hydrogen) atoms. The van der Waals surface area contributed by atoms with E-state index in [0.717, 1.165) is 46.8 Å². The maximum atomic E-state index is 13.1. The molecule has 6 atom stereocenters. The summed E-state index contributed by atoms with van der Waals surface area (Å²) in [7, 11) is 3.27. The molecular weight excluding hydrogens is 725 g/mol. The van der Waals surface area contributed by atoms with Crippen molar-refractivity contribution in [3.8, 4) is 11.5 Å². The molecule has 2 fully saturated rings. The maximum Gasteiger partial charge on any atom is 0.235 e. The summed E-state index contributed by atoms with van der Waals surface area (Å²) in [6.45, 7) is 0. The van der Waals surface area contributed by atoms with Crippen LogP contribution in [0.5, 0.6) is 11.5 Å². The molecule has 2 heterocycles. The first-order valence-corrected chi connectivity index (χ1v) is 19.9. The molecule has 0 saturated carbocycles. The number of carbonyl (C=O) groups is 2. The standard InChI is InChI=1S/2C25H25NO3/c2*1-29-21-15-13-19(14-16-21)24-23(22(27)17-12-18-8-4-2-5-9-18)25(28)26(24)20-10-6-3-7-11-20/h2*2-11,13-16,22-24,27H,12,17H2,1H3/t22-,23+,24-;22-,23-,24+/m10/s1. The summed E-state index contributed by atoms with van der Waals surface area (Å²) in [5, 5.41) is 21.9. The molecule has 0 aliphatic carbocycles. The van der Waals surface area contributed by atoms with Crippen LogP contribution in [0.25, 0.3) is 0 Å². The van der Waals surface area contributed by atoms with E-state index in [-0.39, 0.29) is 23.9 Å². The topological polar surface area (TPSA) is 99.5 Å². The number of anilines is 2. The number of methoxy groups -OCH3 is 2. The Kier molecular flexibility index (Phi) is 13.0. The zero-order valence-electron chi connectivity index (χ0n) is 32.9. The van der Waals surface area contributed by atoms with Gasteiger partial charge in [0.2, 0.25) is 11.8 Å². The highest BCUT2D eigenvalue weighted by Gasteiger charge is 2.53. The van der Waals surface area contributed by atoms with Gasteiger partial charge >= 0.3 is 0 Å². The number of aliphatic hydroxyl groups excluding tert-OH is 2. The predicted molar refractivity (Wildman–Crippen MR) is 228 cm³/mol. The summed E-state index contributed by atoms with van der Waals surface area (Å²) in [4.78, 5) is 29.7. The maximum absolute atomic E-state index is 13.1. The molecule has 8 rings (SSSR count). The van der Waals surface area contributed by atoms with Gasteiger partial charge in [-0.25, -0.2) is 0 Å². The van der Waals surface area contributed by atoms with Crippen LogP contribution in [-0.4, -0.2) is 48.5 Å². The van der Waals surface area contributed by atoms with Gasteiger partial charge < -0.3 is 29.5 Å². The number of para-hydroxylation sites is 2. The van der Waals surface area contributed by atoms with Gasteiger partial charge in [0.15, 0.2) is 0 Å². The van der Waals surface area contributed by atoms with Gasteiger partial charge in [-0.15, -0.1) is 0 Å². The molecule has 8 nitrogen and oxygen atoms in total. The van der Waals surface area contributed by atoms with Gasteiger partial charge in [-0.05, 0) is 96.5 Å². The second-order valence-corrected chi connectivity index (χ2v) is 14.8. The van der Waals surface area contributed by atoms with Crippen LogP contribution < -0.4 is 19.3 Å². The van der Waals surface area contributed by atoms with E-state index < -0.39 is 24.0 Å². The molecule has 2 aliphatic rings. The Balaban J connectivity index is 0.000000177. The number of carbonyl (C=O) groups excluding carboxylic acids is 2. The van der Waals surface area contributed by atoms with Crippen LogP contribution in [0.15, 0.2) is 170 Å².